The SMILES string of the molecule is COC1(c2ccccc2)CCN(CCCl)CC1. The first-order chi connectivity index (χ1) is 8.30. The Hall–Kier alpha value is -0.570. The first kappa shape index (κ1) is 12.9. The summed E-state index contributed by atoms with van der Waals surface area (Å²) < 4.78 is 5.83. The lowest BCUT2D eigenvalue weighted by molar-refractivity contribution is -0.0614. The van der Waals surface area contributed by atoms with Gasteiger partial charge in [-0.2, -0.15) is 0 Å². The van der Waals surface area contributed by atoms with Crippen molar-refractivity contribution in [1.82, 2.24) is 4.90 Å². The maximum Gasteiger partial charge on any atom is 0.0951 e. The number of hydrogen-bond acceptors (Lipinski definition) is 2. The Labute approximate surface area is 109 Å². The van der Waals surface area contributed by atoms with Gasteiger partial charge >= 0.3 is 0 Å². The van der Waals surface area contributed by atoms with Crippen LogP contribution in [0.1, 0.15) is 18.4 Å². The minimum absolute atomic E-state index is 0.0932. The van der Waals surface area contributed by atoms with Crippen LogP contribution >= 0.6 is 11.6 Å². The van der Waals surface area contributed by atoms with Crippen molar-refractivity contribution in [2.24, 2.45) is 0 Å². The first-order valence-electron chi connectivity index (χ1n) is 6.20. The van der Waals surface area contributed by atoms with Crippen LogP contribution in [0.5, 0.6) is 0 Å². The van der Waals surface area contributed by atoms with E-state index in [1.807, 2.05) is 7.11 Å². The zero-order valence-corrected chi connectivity index (χ0v) is 11.1. The molecule has 0 N–H and O–H groups in total. The number of methoxy groups -OCH3 is 1. The lowest BCUT2D eigenvalue weighted by Gasteiger charge is -2.41. The van der Waals surface area contributed by atoms with Crippen LogP contribution in [0.15, 0.2) is 30.3 Å². The quantitative estimate of drug-likeness (QED) is 0.765. The van der Waals surface area contributed by atoms with Crippen molar-refractivity contribution in [2.45, 2.75) is 18.4 Å². The summed E-state index contributed by atoms with van der Waals surface area (Å²) >= 11 is 5.78. The normalized spacial score (nSPS) is 20.4. The van der Waals surface area contributed by atoms with Gasteiger partial charge in [-0.05, 0) is 18.4 Å². The second-order valence-corrected chi connectivity index (χ2v) is 4.97. The summed E-state index contributed by atoms with van der Waals surface area (Å²) in [4.78, 5) is 2.41. The average Bonchev–Trinajstić information content (AvgIpc) is 2.41. The molecule has 0 radical (unpaired) electrons. The van der Waals surface area contributed by atoms with E-state index in [0.717, 1.165) is 32.5 Å². The Morgan fingerprint density at radius 3 is 2.41 bits per heavy atom. The largest absolute Gasteiger partial charge is 0.373 e. The third kappa shape index (κ3) is 2.82. The van der Waals surface area contributed by atoms with Crippen LogP contribution in [0.4, 0.5) is 0 Å². The summed E-state index contributed by atoms with van der Waals surface area (Å²) in [7, 11) is 1.82. The monoisotopic (exact) mass is 253 g/mol. The van der Waals surface area contributed by atoms with Crippen molar-refractivity contribution >= 4 is 11.6 Å². The Kier molecular flexibility index (Phi) is 4.43. The van der Waals surface area contributed by atoms with Crippen molar-refractivity contribution in [3.63, 3.8) is 0 Å². The number of benzene rings is 1. The molecule has 17 heavy (non-hydrogen) atoms. The number of likely N-dealkylation sites (tertiary alicyclic amines) is 1. The van der Waals surface area contributed by atoms with E-state index in [9.17, 15) is 0 Å². The molecule has 1 aliphatic rings. The molecule has 0 unspecified atom stereocenters. The van der Waals surface area contributed by atoms with E-state index in [0.29, 0.717) is 5.88 Å². The van der Waals surface area contributed by atoms with Gasteiger partial charge in [0.25, 0.3) is 0 Å². The Morgan fingerprint density at radius 1 is 1.24 bits per heavy atom. The first-order valence-corrected chi connectivity index (χ1v) is 6.73. The highest BCUT2D eigenvalue weighted by molar-refractivity contribution is 6.18. The van der Waals surface area contributed by atoms with Crippen LogP contribution in [0.3, 0.4) is 0 Å². The molecule has 1 fully saturated rings. The van der Waals surface area contributed by atoms with Gasteiger partial charge in [-0.15, -0.1) is 11.6 Å². The van der Waals surface area contributed by atoms with Gasteiger partial charge in [0.2, 0.25) is 0 Å². The molecular formula is C14H20ClNO. The van der Waals surface area contributed by atoms with Crippen LogP contribution in [0, 0.1) is 0 Å². The minimum Gasteiger partial charge on any atom is -0.373 e. The lowest BCUT2D eigenvalue weighted by atomic mass is 9.84. The highest BCUT2D eigenvalue weighted by Crippen LogP contribution is 2.35. The molecule has 0 atom stereocenters. The summed E-state index contributed by atoms with van der Waals surface area (Å²) in [6.45, 7) is 3.11. The second kappa shape index (κ2) is 5.85. The molecule has 1 aromatic carbocycles. The molecule has 0 spiro atoms. The molecule has 1 aliphatic heterocycles. The summed E-state index contributed by atoms with van der Waals surface area (Å²) in [5.41, 5.74) is 1.21. The summed E-state index contributed by atoms with van der Waals surface area (Å²) in [6, 6.07) is 10.6. The van der Waals surface area contributed by atoms with Crippen molar-refractivity contribution in [2.75, 3.05) is 32.6 Å². The molecule has 0 bridgehead atoms. The van der Waals surface area contributed by atoms with E-state index in [1.54, 1.807) is 0 Å². The number of alkyl halides is 1. The predicted molar refractivity (Wildman–Crippen MR) is 71.5 cm³/mol. The van der Waals surface area contributed by atoms with Crippen LogP contribution < -0.4 is 0 Å². The number of halogens is 1. The number of hydrogen-bond donors (Lipinski definition) is 0. The molecule has 3 heteroatoms. The number of piperidine rings is 1. The van der Waals surface area contributed by atoms with E-state index < -0.39 is 0 Å². The molecule has 0 aliphatic carbocycles. The highest BCUT2D eigenvalue weighted by Gasteiger charge is 2.35. The number of nitrogens with zero attached hydrogens (tertiary/aromatic N) is 1. The van der Waals surface area contributed by atoms with Crippen molar-refractivity contribution < 1.29 is 4.74 Å². The van der Waals surface area contributed by atoms with Gasteiger partial charge in [-0.25, -0.2) is 0 Å². The molecule has 2 rings (SSSR count). The van der Waals surface area contributed by atoms with E-state index >= 15 is 0 Å². The van der Waals surface area contributed by atoms with E-state index in [4.69, 9.17) is 16.3 Å². The van der Waals surface area contributed by atoms with Gasteiger partial charge in [-0.1, -0.05) is 30.3 Å². The van der Waals surface area contributed by atoms with Gasteiger partial charge in [-0.3, -0.25) is 0 Å². The van der Waals surface area contributed by atoms with Gasteiger partial charge in [0, 0.05) is 32.6 Å². The third-order valence-corrected chi connectivity index (χ3v) is 3.92. The fourth-order valence-electron chi connectivity index (χ4n) is 2.61. The van der Waals surface area contributed by atoms with E-state index in [1.165, 1.54) is 5.56 Å². The lowest BCUT2D eigenvalue weighted by Crippen LogP contribution is -2.44. The maximum atomic E-state index is 5.83. The van der Waals surface area contributed by atoms with E-state index in [-0.39, 0.29) is 5.60 Å². The highest BCUT2D eigenvalue weighted by atomic mass is 35.5. The van der Waals surface area contributed by atoms with Crippen molar-refractivity contribution in [3.8, 4) is 0 Å². The second-order valence-electron chi connectivity index (χ2n) is 4.60. The summed E-state index contributed by atoms with van der Waals surface area (Å²) in [6.07, 6.45) is 2.09. The van der Waals surface area contributed by atoms with Crippen molar-refractivity contribution in [1.29, 1.82) is 0 Å². The molecular weight excluding hydrogens is 234 g/mol. The third-order valence-electron chi connectivity index (χ3n) is 3.76. The molecule has 0 saturated carbocycles. The molecule has 2 nitrogen and oxygen atoms in total. The molecule has 0 amide bonds. The van der Waals surface area contributed by atoms with Crippen molar-refractivity contribution in [3.05, 3.63) is 35.9 Å². The van der Waals surface area contributed by atoms with Crippen LogP contribution in [0.2, 0.25) is 0 Å². The average molecular weight is 254 g/mol. The Morgan fingerprint density at radius 2 is 1.88 bits per heavy atom. The molecule has 1 aromatic rings. The molecule has 1 heterocycles. The van der Waals surface area contributed by atoms with Crippen LogP contribution in [0.25, 0.3) is 0 Å². The topological polar surface area (TPSA) is 12.5 Å². The minimum atomic E-state index is -0.0932. The summed E-state index contributed by atoms with van der Waals surface area (Å²) in [5, 5.41) is 0. The van der Waals surface area contributed by atoms with Gasteiger partial charge < -0.3 is 9.64 Å². The molecule has 1 saturated heterocycles. The Balaban J connectivity index is 2.08. The molecule has 94 valence electrons. The zero-order chi connectivity index (χ0) is 12.1. The summed E-state index contributed by atoms with van der Waals surface area (Å²) in [5.74, 6) is 0.714. The van der Waals surface area contributed by atoms with Crippen LogP contribution in [-0.4, -0.2) is 37.5 Å². The van der Waals surface area contributed by atoms with E-state index in [2.05, 4.69) is 35.2 Å². The maximum absolute atomic E-state index is 5.83. The standard InChI is InChI=1S/C14H20ClNO/c1-17-14(13-5-3-2-4-6-13)7-10-16(11-8-14)12-9-15/h2-6H,7-12H2,1H3. The molecule has 0 aromatic heterocycles. The number of rotatable bonds is 4. The zero-order valence-electron chi connectivity index (χ0n) is 10.4. The Bertz CT molecular complexity index is 333. The van der Waals surface area contributed by atoms with Gasteiger partial charge in [0.15, 0.2) is 0 Å². The van der Waals surface area contributed by atoms with Gasteiger partial charge in [0.1, 0.15) is 0 Å². The fourth-order valence-corrected chi connectivity index (χ4v) is 2.85. The predicted octanol–water partition coefficient (Wildman–Crippen LogP) is 2.86. The number of ether oxygens (including phenoxy) is 1. The fraction of sp³-hybridized carbons (Fsp3) is 0.571. The van der Waals surface area contributed by atoms with Crippen LogP contribution in [-0.2, 0) is 10.3 Å². The van der Waals surface area contributed by atoms with Gasteiger partial charge in [0.05, 0.1) is 5.60 Å². The smallest absolute Gasteiger partial charge is 0.0951 e.